The number of rotatable bonds is 6. The van der Waals surface area contributed by atoms with Gasteiger partial charge in [-0.15, -0.1) is 0 Å². The van der Waals surface area contributed by atoms with Crippen molar-refractivity contribution in [1.29, 1.82) is 0 Å². The molecular weight excluding hydrogens is 210 g/mol. The van der Waals surface area contributed by atoms with Gasteiger partial charge in [-0.3, -0.25) is 4.79 Å². The van der Waals surface area contributed by atoms with Crippen molar-refractivity contribution in [2.75, 3.05) is 5.32 Å². The molecule has 0 spiro atoms. The molecule has 1 unspecified atom stereocenters. The van der Waals surface area contributed by atoms with Gasteiger partial charge in [-0.25, -0.2) is 0 Å². The van der Waals surface area contributed by atoms with Crippen LogP contribution in [0.5, 0.6) is 0 Å². The average molecular weight is 231 g/mol. The summed E-state index contributed by atoms with van der Waals surface area (Å²) >= 11 is 0. The van der Waals surface area contributed by atoms with Crippen LogP contribution in [0.2, 0.25) is 0 Å². The van der Waals surface area contributed by atoms with Crippen LogP contribution in [0.1, 0.15) is 44.6 Å². The molecule has 0 radical (unpaired) electrons. The van der Waals surface area contributed by atoms with Gasteiger partial charge in [0.25, 0.3) is 0 Å². The second-order valence-electron chi connectivity index (χ2n) is 4.84. The van der Waals surface area contributed by atoms with Gasteiger partial charge in [0.15, 0.2) is 5.78 Å². The third-order valence-corrected chi connectivity index (χ3v) is 3.44. The summed E-state index contributed by atoms with van der Waals surface area (Å²) in [4.78, 5) is 12.0. The Balaban J connectivity index is 1.80. The number of carbonyl (C=O) groups is 1. The van der Waals surface area contributed by atoms with E-state index in [2.05, 4.69) is 24.4 Å². The van der Waals surface area contributed by atoms with E-state index in [1.54, 1.807) is 0 Å². The van der Waals surface area contributed by atoms with Gasteiger partial charge in [0.05, 0.1) is 6.04 Å². The molecule has 1 N–H and O–H groups in total. The maximum atomic E-state index is 12.0. The second kappa shape index (κ2) is 5.85. The Labute approximate surface area is 103 Å². The van der Waals surface area contributed by atoms with Crippen LogP contribution in [-0.4, -0.2) is 11.8 Å². The third kappa shape index (κ3) is 3.09. The van der Waals surface area contributed by atoms with Crippen molar-refractivity contribution < 1.29 is 4.79 Å². The molecule has 1 aromatic carbocycles. The minimum Gasteiger partial charge on any atom is -0.375 e. The molecule has 0 aliphatic carbocycles. The molecule has 17 heavy (non-hydrogen) atoms. The standard InChI is InChI=1S/C15H21NO/c1-2-3-4-5-10-15(17)14-11-12-8-6-7-9-13(12)16-14/h6-9,14,16H,2-5,10-11H2,1H3. The van der Waals surface area contributed by atoms with Gasteiger partial charge in [0.1, 0.15) is 0 Å². The first-order chi connectivity index (χ1) is 8.31. The molecule has 1 aliphatic rings. The monoisotopic (exact) mass is 231 g/mol. The van der Waals surface area contributed by atoms with Crippen LogP contribution >= 0.6 is 0 Å². The van der Waals surface area contributed by atoms with E-state index in [0.717, 1.165) is 24.9 Å². The van der Waals surface area contributed by atoms with Gasteiger partial charge in [0, 0.05) is 18.5 Å². The molecule has 0 fully saturated rings. The minimum absolute atomic E-state index is 0.0222. The summed E-state index contributed by atoms with van der Waals surface area (Å²) < 4.78 is 0. The van der Waals surface area contributed by atoms with Crippen LogP contribution in [0.4, 0.5) is 5.69 Å². The van der Waals surface area contributed by atoms with Crippen molar-refractivity contribution in [3.8, 4) is 0 Å². The summed E-state index contributed by atoms with van der Waals surface area (Å²) in [7, 11) is 0. The summed E-state index contributed by atoms with van der Waals surface area (Å²) in [6.45, 7) is 2.19. The summed E-state index contributed by atoms with van der Waals surface area (Å²) in [6.07, 6.45) is 6.28. The van der Waals surface area contributed by atoms with Gasteiger partial charge < -0.3 is 5.32 Å². The topological polar surface area (TPSA) is 29.1 Å². The molecule has 2 heteroatoms. The summed E-state index contributed by atoms with van der Waals surface area (Å²) in [5.74, 6) is 0.373. The van der Waals surface area contributed by atoms with Gasteiger partial charge >= 0.3 is 0 Å². The Kier molecular flexibility index (Phi) is 4.18. The fraction of sp³-hybridized carbons (Fsp3) is 0.533. The first kappa shape index (κ1) is 12.2. The molecular formula is C15H21NO. The SMILES string of the molecule is CCCCCCC(=O)C1Cc2ccccc2N1. The van der Waals surface area contributed by atoms with Crippen molar-refractivity contribution in [2.45, 2.75) is 51.5 Å². The van der Waals surface area contributed by atoms with E-state index in [9.17, 15) is 4.79 Å². The molecule has 2 nitrogen and oxygen atoms in total. The lowest BCUT2D eigenvalue weighted by molar-refractivity contribution is -0.119. The lowest BCUT2D eigenvalue weighted by atomic mass is 10.0. The zero-order valence-corrected chi connectivity index (χ0v) is 10.5. The van der Waals surface area contributed by atoms with Crippen LogP contribution in [0.15, 0.2) is 24.3 Å². The lowest BCUT2D eigenvalue weighted by Gasteiger charge is -2.09. The highest BCUT2D eigenvalue weighted by Crippen LogP contribution is 2.26. The van der Waals surface area contributed by atoms with Crippen LogP contribution in [0, 0.1) is 0 Å². The quantitative estimate of drug-likeness (QED) is 0.758. The molecule has 0 amide bonds. The highest BCUT2D eigenvalue weighted by atomic mass is 16.1. The minimum atomic E-state index is 0.0222. The van der Waals surface area contributed by atoms with Crippen LogP contribution < -0.4 is 5.32 Å². The molecule has 2 rings (SSSR count). The first-order valence-electron chi connectivity index (χ1n) is 6.68. The van der Waals surface area contributed by atoms with Gasteiger partial charge in [-0.05, 0) is 18.1 Å². The number of anilines is 1. The zero-order valence-electron chi connectivity index (χ0n) is 10.5. The van der Waals surface area contributed by atoms with E-state index < -0.39 is 0 Å². The van der Waals surface area contributed by atoms with E-state index in [1.807, 2.05) is 12.1 Å². The van der Waals surface area contributed by atoms with Crippen molar-refractivity contribution in [2.24, 2.45) is 0 Å². The number of para-hydroxylation sites is 1. The Bertz CT molecular complexity index is 361. The Morgan fingerprint density at radius 2 is 2.12 bits per heavy atom. The van der Waals surface area contributed by atoms with E-state index >= 15 is 0 Å². The smallest absolute Gasteiger partial charge is 0.155 e. The second-order valence-corrected chi connectivity index (χ2v) is 4.84. The summed E-state index contributed by atoms with van der Waals surface area (Å²) in [6, 6.07) is 8.23. The molecule has 0 bridgehead atoms. The number of benzene rings is 1. The Morgan fingerprint density at radius 3 is 2.88 bits per heavy atom. The number of carbonyl (C=O) groups excluding carboxylic acids is 1. The average Bonchev–Trinajstić information content (AvgIpc) is 2.78. The maximum Gasteiger partial charge on any atom is 0.155 e. The number of hydrogen-bond donors (Lipinski definition) is 1. The first-order valence-corrected chi connectivity index (χ1v) is 6.68. The van der Waals surface area contributed by atoms with E-state index in [0.29, 0.717) is 5.78 Å². The van der Waals surface area contributed by atoms with E-state index in [-0.39, 0.29) is 6.04 Å². The van der Waals surface area contributed by atoms with Gasteiger partial charge in [0.2, 0.25) is 0 Å². The fourth-order valence-corrected chi connectivity index (χ4v) is 2.39. The molecule has 0 saturated carbocycles. The molecule has 1 aromatic rings. The molecule has 0 saturated heterocycles. The van der Waals surface area contributed by atoms with Crippen LogP contribution in [-0.2, 0) is 11.2 Å². The molecule has 1 heterocycles. The summed E-state index contributed by atoms with van der Waals surface area (Å²) in [5, 5.41) is 3.33. The number of fused-ring (bicyclic) bond motifs is 1. The van der Waals surface area contributed by atoms with Crippen LogP contribution in [0.3, 0.4) is 0 Å². The van der Waals surface area contributed by atoms with Crippen LogP contribution in [0.25, 0.3) is 0 Å². The lowest BCUT2D eigenvalue weighted by Crippen LogP contribution is -2.26. The maximum absolute atomic E-state index is 12.0. The highest BCUT2D eigenvalue weighted by molar-refractivity contribution is 5.89. The van der Waals surface area contributed by atoms with E-state index in [1.165, 1.54) is 24.8 Å². The molecule has 0 aromatic heterocycles. The molecule has 92 valence electrons. The van der Waals surface area contributed by atoms with Gasteiger partial charge in [-0.2, -0.15) is 0 Å². The number of Topliss-reactive ketones (excluding diaryl/α,β-unsaturated/α-hetero) is 1. The number of ketones is 1. The van der Waals surface area contributed by atoms with Crippen molar-refractivity contribution >= 4 is 11.5 Å². The Hall–Kier alpha value is -1.31. The zero-order chi connectivity index (χ0) is 12.1. The van der Waals surface area contributed by atoms with Gasteiger partial charge in [-0.1, -0.05) is 44.4 Å². The molecule has 1 aliphatic heterocycles. The normalized spacial score (nSPS) is 17.6. The Morgan fingerprint density at radius 1 is 1.29 bits per heavy atom. The predicted molar refractivity (Wildman–Crippen MR) is 71.3 cm³/mol. The number of unbranched alkanes of at least 4 members (excludes halogenated alkanes) is 3. The summed E-state index contributed by atoms with van der Waals surface area (Å²) in [5.41, 5.74) is 2.42. The van der Waals surface area contributed by atoms with Crippen molar-refractivity contribution in [3.05, 3.63) is 29.8 Å². The van der Waals surface area contributed by atoms with E-state index in [4.69, 9.17) is 0 Å². The highest BCUT2D eigenvalue weighted by Gasteiger charge is 2.25. The van der Waals surface area contributed by atoms with Crippen molar-refractivity contribution in [1.82, 2.24) is 0 Å². The number of nitrogens with one attached hydrogen (secondary N) is 1. The fourth-order valence-electron chi connectivity index (χ4n) is 2.39. The number of hydrogen-bond acceptors (Lipinski definition) is 2. The third-order valence-electron chi connectivity index (χ3n) is 3.44. The largest absolute Gasteiger partial charge is 0.375 e. The predicted octanol–water partition coefficient (Wildman–Crippen LogP) is 3.56. The van der Waals surface area contributed by atoms with Crippen molar-refractivity contribution in [3.63, 3.8) is 0 Å². The molecule has 1 atom stereocenters.